The van der Waals surface area contributed by atoms with E-state index in [1.165, 1.54) is 7.05 Å². The molecule has 0 saturated heterocycles. The van der Waals surface area contributed by atoms with E-state index in [-0.39, 0.29) is 0 Å². The first-order valence-electron chi connectivity index (χ1n) is 6.76. The normalized spacial score (nSPS) is 10.7. The first kappa shape index (κ1) is 16.3. The van der Waals surface area contributed by atoms with E-state index in [0.717, 1.165) is 23.4 Å². The fourth-order valence-corrected chi connectivity index (χ4v) is 1.88. The van der Waals surface area contributed by atoms with Crippen LogP contribution in [-0.2, 0) is 6.42 Å². The lowest BCUT2D eigenvalue weighted by Gasteiger charge is -2.17. The molecule has 0 unspecified atom stereocenters. The summed E-state index contributed by atoms with van der Waals surface area (Å²) in [6, 6.07) is 3.28. The molecule has 1 aromatic rings. The standard InChI is InChI=1S/C14H21F2N3O/c1-4-6-11-7-10(8-13(18-11)17-5-2)14(20)19(3)9-12(15)16/h7-8,12H,4-6,9H2,1-3H3,(H,17,18). The van der Waals surface area contributed by atoms with Crippen molar-refractivity contribution in [1.29, 1.82) is 0 Å². The van der Waals surface area contributed by atoms with Gasteiger partial charge in [-0.2, -0.15) is 0 Å². The fourth-order valence-electron chi connectivity index (χ4n) is 1.88. The highest BCUT2D eigenvalue weighted by Crippen LogP contribution is 2.14. The van der Waals surface area contributed by atoms with Gasteiger partial charge in [0.25, 0.3) is 12.3 Å². The van der Waals surface area contributed by atoms with Crippen molar-refractivity contribution in [3.63, 3.8) is 0 Å². The van der Waals surface area contributed by atoms with Crippen molar-refractivity contribution in [2.75, 3.05) is 25.5 Å². The van der Waals surface area contributed by atoms with E-state index < -0.39 is 18.9 Å². The van der Waals surface area contributed by atoms with Gasteiger partial charge in [0.05, 0.1) is 6.54 Å². The Balaban J connectivity index is 2.99. The van der Waals surface area contributed by atoms with Gasteiger partial charge in [0.2, 0.25) is 0 Å². The van der Waals surface area contributed by atoms with Gasteiger partial charge in [-0.3, -0.25) is 4.79 Å². The minimum Gasteiger partial charge on any atom is -0.370 e. The van der Waals surface area contributed by atoms with E-state index in [1.54, 1.807) is 12.1 Å². The van der Waals surface area contributed by atoms with E-state index in [2.05, 4.69) is 10.3 Å². The highest BCUT2D eigenvalue weighted by atomic mass is 19.3. The van der Waals surface area contributed by atoms with Crippen LogP contribution in [0.5, 0.6) is 0 Å². The van der Waals surface area contributed by atoms with Gasteiger partial charge in [-0.15, -0.1) is 0 Å². The summed E-state index contributed by atoms with van der Waals surface area (Å²) in [6.45, 7) is 4.06. The number of alkyl halides is 2. The molecule has 6 heteroatoms. The molecule has 0 saturated carbocycles. The van der Waals surface area contributed by atoms with Crippen LogP contribution in [0.25, 0.3) is 0 Å². The Bertz CT molecular complexity index is 428. The third kappa shape index (κ3) is 4.75. The van der Waals surface area contributed by atoms with E-state index in [4.69, 9.17) is 0 Å². The number of nitrogens with one attached hydrogen (secondary N) is 1. The monoisotopic (exact) mass is 285 g/mol. The van der Waals surface area contributed by atoms with Crippen molar-refractivity contribution in [2.45, 2.75) is 33.1 Å². The van der Waals surface area contributed by atoms with Crippen LogP contribution in [-0.4, -0.2) is 42.4 Å². The number of nitrogens with zero attached hydrogens (tertiary/aromatic N) is 2. The molecule has 20 heavy (non-hydrogen) atoms. The quantitative estimate of drug-likeness (QED) is 0.838. The Morgan fingerprint density at radius 2 is 2.10 bits per heavy atom. The largest absolute Gasteiger partial charge is 0.370 e. The summed E-state index contributed by atoms with van der Waals surface area (Å²) in [5.74, 6) is 0.191. The van der Waals surface area contributed by atoms with Gasteiger partial charge in [-0.25, -0.2) is 13.8 Å². The Morgan fingerprint density at radius 1 is 1.40 bits per heavy atom. The van der Waals surface area contributed by atoms with Crippen molar-refractivity contribution in [3.8, 4) is 0 Å². The number of hydrogen-bond donors (Lipinski definition) is 1. The molecule has 1 amide bonds. The van der Waals surface area contributed by atoms with Gasteiger partial charge in [-0.05, 0) is 25.5 Å². The lowest BCUT2D eigenvalue weighted by Crippen LogP contribution is -2.31. The van der Waals surface area contributed by atoms with Gasteiger partial charge in [0.15, 0.2) is 0 Å². The van der Waals surface area contributed by atoms with Crippen LogP contribution in [0, 0.1) is 0 Å². The lowest BCUT2D eigenvalue weighted by molar-refractivity contribution is 0.0620. The molecule has 0 bridgehead atoms. The van der Waals surface area contributed by atoms with Crippen molar-refractivity contribution in [1.82, 2.24) is 9.88 Å². The molecule has 1 N–H and O–H groups in total. The van der Waals surface area contributed by atoms with Crippen molar-refractivity contribution >= 4 is 11.7 Å². The molecule has 1 rings (SSSR count). The summed E-state index contributed by atoms with van der Waals surface area (Å²) in [5, 5.41) is 3.05. The number of carbonyl (C=O) groups is 1. The van der Waals surface area contributed by atoms with E-state index in [1.807, 2.05) is 13.8 Å². The predicted molar refractivity (Wildman–Crippen MR) is 75.4 cm³/mol. The van der Waals surface area contributed by atoms with Crippen LogP contribution in [0.2, 0.25) is 0 Å². The zero-order valence-electron chi connectivity index (χ0n) is 12.1. The highest BCUT2D eigenvalue weighted by molar-refractivity contribution is 5.94. The summed E-state index contributed by atoms with van der Waals surface area (Å²) in [7, 11) is 1.38. The Labute approximate surface area is 118 Å². The second kappa shape index (κ2) is 7.77. The molecule has 0 aliphatic heterocycles. The number of anilines is 1. The SMILES string of the molecule is CCCc1cc(C(=O)N(C)CC(F)F)cc(NCC)n1. The molecule has 1 aromatic heterocycles. The summed E-state index contributed by atoms with van der Waals surface area (Å²) in [6.07, 6.45) is -0.879. The van der Waals surface area contributed by atoms with Crippen LogP contribution in [0.3, 0.4) is 0 Å². The third-order valence-electron chi connectivity index (χ3n) is 2.75. The second-order valence-corrected chi connectivity index (χ2v) is 4.59. The summed E-state index contributed by atoms with van der Waals surface area (Å²) >= 11 is 0. The first-order chi connectivity index (χ1) is 9.47. The van der Waals surface area contributed by atoms with Crippen molar-refractivity contribution in [2.24, 2.45) is 0 Å². The van der Waals surface area contributed by atoms with Gasteiger partial charge < -0.3 is 10.2 Å². The van der Waals surface area contributed by atoms with E-state index >= 15 is 0 Å². The van der Waals surface area contributed by atoms with Gasteiger partial charge in [0.1, 0.15) is 5.82 Å². The Morgan fingerprint density at radius 3 is 2.65 bits per heavy atom. The summed E-state index contributed by atoms with van der Waals surface area (Å²) < 4.78 is 24.7. The minimum atomic E-state index is -2.53. The fraction of sp³-hybridized carbons (Fsp3) is 0.571. The number of carbonyl (C=O) groups excluding carboxylic acids is 1. The molecule has 112 valence electrons. The maximum absolute atomic E-state index is 12.3. The summed E-state index contributed by atoms with van der Waals surface area (Å²) in [5.41, 5.74) is 1.18. The number of pyridine rings is 1. The van der Waals surface area contributed by atoms with Crippen LogP contribution >= 0.6 is 0 Å². The molecule has 4 nitrogen and oxygen atoms in total. The zero-order valence-corrected chi connectivity index (χ0v) is 12.1. The summed E-state index contributed by atoms with van der Waals surface area (Å²) in [4.78, 5) is 17.5. The molecule has 0 aromatic carbocycles. The predicted octanol–water partition coefficient (Wildman–Crippen LogP) is 2.80. The van der Waals surface area contributed by atoms with Crippen LogP contribution in [0.4, 0.5) is 14.6 Å². The Hall–Kier alpha value is -1.72. The molecule has 0 aliphatic rings. The van der Waals surface area contributed by atoms with Gasteiger partial charge in [0, 0.05) is 24.8 Å². The molecule has 0 atom stereocenters. The maximum atomic E-state index is 12.3. The zero-order chi connectivity index (χ0) is 15.1. The smallest absolute Gasteiger partial charge is 0.255 e. The number of halogens is 2. The Kier molecular flexibility index (Phi) is 6.35. The highest BCUT2D eigenvalue weighted by Gasteiger charge is 2.17. The first-order valence-corrected chi connectivity index (χ1v) is 6.76. The molecule has 1 heterocycles. The molecular weight excluding hydrogens is 264 g/mol. The van der Waals surface area contributed by atoms with Crippen LogP contribution < -0.4 is 5.32 Å². The topological polar surface area (TPSA) is 45.2 Å². The van der Waals surface area contributed by atoms with Crippen LogP contribution in [0.1, 0.15) is 36.3 Å². The molecule has 0 aliphatic carbocycles. The lowest BCUT2D eigenvalue weighted by atomic mass is 10.1. The van der Waals surface area contributed by atoms with Crippen LogP contribution in [0.15, 0.2) is 12.1 Å². The van der Waals surface area contributed by atoms with Gasteiger partial charge in [-0.1, -0.05) is 13.3 Å². The van der Waals surface area contributed by atoms with Crippen molar-refractivity contribution in [3.05, 3.63) is 23.4 Å². The third-order valence-corrected chi connectivity index (χ3v) is 2.75. The van der Waals surface area contributed by atoms with E-state index in [9.17, 15) is 13.6 Å². The number of hydrogen-bond acceptors (Lipinski definition) is 3. The van der Waals surface area contributed by atoms with Crippen molar-refractivity contribution < 1.29 is 13.6 Å². The number of rotatable bonds is 7. The van der Waals surface area contributed by atoms with Gasteiger partial charge >= 0.3 is 0 Å². The average Bonchev–Trinajstić information content (AvgIpc) is 2.37. The van der Waals surface area contributed by atoms with E-state index in [0.29, 0.717) is 17.9 Å². The maximum Gasteiger partial charge on any atom is 0.255 e. The number of amides is 1. The number of aryl methyl sites for hydroxylation is 1. The molecule has 0 spiro atoms. The molecular formula is C14H21F2N3O. The second-order valence-electron chi connectivity index (χ2n) is 4.59. The minimum absolute atomic E-state index is 0.391. The number of aromatic nitrogens is 1. The molecule has 0 fully saturated rings. The molecule has 0 radical (unpaired) electrons. The average molecular weight is 285 g/mol.